The van der Waals surface area contributed by atoms with E-state index in [9.17, 15) is 0 Å². The number of hydrogen-bond acceptors (Lipinski definition) is 0. The molecule has 0 aliphatic heterocycles. The molecule has 0 fully saturated rings. The molecule has 0 aliphatic rings. The standard InChI is InChI=1S/2C12H13.4CH3.Si.Zr/c2*1-8-4-11-6-9(2)10(3)7-12(11)5-8;;;;;;/h2*4-7H,1-3H3;4*1H3;;/q6*-1;;. The van der Waals surface area contributed by atoms with Gasteiger partial charge >= 0.3 is 30.2 Å². The Morgan fingerprint density at radius 1 is 0.500 bits per heavy atom. The molecule has 0 N–H and O–H groups in total. The van der Waals surface area contributed by atoms with Crippen molar-refractivity contribution in [2.45, 2.75) is 41.5 Å². The quantitative estimate of drug-likeness (QED) is 0.170. The number of aryl methyl sites for hydroxylation is 6. The average molecular weight is 494 g/mol. The van der Waals surface area contributed by atoms with E-state index in [0.29, 0.717) is 0 Å². The number of hydrogen-bond donors (Lipinski definition) is 0. The number of fused-ring (bicyclic) bond motifs is 2. The molecule has 2 heteroatoms. The Morgan fingerprint density at radius 3 is 1.07 bits per heavy atom. The summed E-state index contributed by atoms with van der Waals surface area (Å²) in [5, 5.41) is 5.48. The van der Waals surface area contributed by atoms with Crippen LogP contribution in [-0.4, -0.2) is 6.88 Å². The predicted octanol–water partition coefficient (Wildman–Crippen LogP) is 8.39. The van der Waals surface area contributed by atoms with Gasteiger partial charge in [0.2, 0.25) is 0 Å². The maximum absolute atomic E-state index is 3.06. The predicted molar refractivity (Wildman–Crippen MR) is 139 cm³/mol. The Bertz CT molecular complexity index is 872. The summed E-state index contributed by atoms with van der Waals surface area (Å²) in [7, 11) is 0. The molecule has 4 aromatic carbocycles. The van der Waals surface area contributed by atoms with Crippen LogP contribution in [0.15, 0.2) is 48.5 Å². The van der Waals surface area contributed by atoms with Crippen LogP contribution in [0.4, 0.5) is 0 Å². The van der Waals surface area contributed by atoms with E-state index < -0.39 is 0 Å². The van der Waals surface area contributed by atoms with Crippen molar-refractivity contribution < 1.29 is 23.3 Å². The second-order valence-corrected chi connectivity index (χ2v) is 7.20. The first kappa shape index (κ1) is 33.4. The first-order valence-corrected chi connectivity index (χ1v) is 13.1. The fourth-order valence-corrected chi connectivity index (χ4v) is 3.29. The van der Waals surface area contributed by atoms with Gasteiger partial charge in [-0.3, -0.25) is 0 Å². The van der Waals surface area contributed by atoms with Crippen molar-refractivity contribution in [2.24, 2.45) is 0 Å². The van der Waals surface area contributed by atoms with Crippen LogP contribution in [0.1, 0.15) is 33.4 Å². The van der Waals surface area contributed by atoms with Gasteiger partial charge in [-0.2, -0.15) is 12.1 Å². The molecule has 164 valence electrons. The maximum atomic E-state index is 3.06. The van der Waals surface area contributed by atoms with Gasteiger partial charge in [-0.1, -0.05) is 36.1 Å². The fraction of sp³-hybridized carbons (Fsp3) is 0.214. The van der Waals surface area contributed by atoms with Crippen molar-refractivity contribution in [3.63, 3.8) is 0 Å². The van der Waals surface area contributed by atoms with Gasteiger partial charge in [0, 0.05) is 0 Å². The Morgan fingerprint density at radius 2 is 0.767 bits per heavy atom. The third-order valence-corrected chi connectivity index (χ3v) is 4.93. The summed E-state index contributed by atoms with van der Waals surface area (Å²) in [5.41, 5.74) is 8.24. The Labute approximate surface area is 204 Å². The zero-order valence-corrected chi connectivity index (χ0v) is 24.1. The van der Waals surface area contributed by atoms with Crippen LogP contribution in [0, 0.1) is 71.2 Å². The molecule has 0 spiro atoms. The van der Waals surface area contributed by atoms with Crippen LogP contribution in [0.25, 0.3) is 21.5 Å². The summed E-state index contributed by atoms with van der Waals surface area (Å²) in [6, 6.07) is 18.0. The van der Waals surface area contributed by atoms with Gasteiger partial charge in [0.15, 0.2) is 0 Å². The third kappa shape index (κ3) is 8.12. The molecular formula is C28H38SiZr-6. The summed E-state index contributed by atoms with van der Waals surface area (Å²) < 4.78 is 0. The van der Waals surface area contributed by atoms with E-state index in [-0.39, 0.29) is 29.7 Å². The molecule has 0 atom stereocenters. The summed E-state index contributed by atoms with van der Waals surface area (Å²) in [6.07, 6.45) is 0. The van der Waals surface area contributed by atoms with Gasteiger partial charge in [-0.15, -0.1) is 69.1 Å². The fourth-order valence-electron chi connectivity index (χ4n) is 3.29. The molecule has 0 aliphatic carbocycles. The number of rotatable bonds is 0. The van der Waals surface area contributed by atoms with Crippen molar-refractivity contribution in [1.82, 2.24) is 0 Å². The Hall–Kier alpha value is -1.24. The van der Waals surface area contributed by atoms with Crippen LogP contribution in [-0.2, 0) is 23.3 Å². The Kier molecular flexibility index (Phi) is 16.4. The van der Waals surface area contributed by atoms with Crippen molar-refractivity contribution in [1.29, 1.82) is 0 Å². The minimum absolute atomic E-state index is 0. The molecular weight excluding hydrogens is 456 g/mol. The summed E-state index contributed by atoms with van der Waals surface area (Å²) in [5.74, 6) is 0. The van der Waals surface area contributed by atoms with Crippen molar-refractivity contribution in [2.75, 3.05) is 0 Å². The molecule has 0 saturated heterocycles. The van der Waals surface area contributed by atoms with E-state index >= 15 is 0 Å². The second kappa shape index (κ2) is 14.7. The average Bonchev–Trinajstić information content (AvgIpc) is 3.11. The molecule has 0 nitrogen and oxygen atoms in total. The molecule has 4 rings (SSSR count). The van der Waals surface area contributed by atoms with E-state index in [1.165, 1.54) is 78.3 Å². The van der Waals surface area contributed by atoms with Crippen LogP contribution in [0.2, 0.25) is 0 Å². The molecule has 0 saturated carbocycles. The van der Waals surface area contributed by atoms with Gasteiger partial charge in [0.1, 0.15) is 0 Å². The van der Waals surface area contributed by atoms with Crippen LogP contribution >= 0.6 is 0 Å². The Balaban J connectivity index is -0.000000400. The third-order valence-electron chi connectivity index (χ3n) is 4.93. The first-order valence-electron chi connectivity index (χ1n) is 8.87. The zero-order valence-electron chi connectivity index (χ0n) is 20.6. The van der Waals surface area contributed by atoms with Gasteiger partial charge in [0.25, 0.3) is 0 Å². The molecule has 0 amide bonds. The van der Waals surface area contributed by atoms with Crippen LogP contribution in [0.3, 0.4) is 0 Å². The van der Waals surface area contributed by atoms with Crippen molar-refractivity contribution in [3.8, 4) is 0 Å². The van der Waals surface area contributed by atoms with Crippen molar-refractivity contribution >= 4 is 28.4 Å². The molecule has 0 heterocycles. The SMILES string of the molecule is Cc1cc2cc(C)c(C)cc2[cH-]1.Cc1cc2cc(C)c(C)cc2[cH-]1.[CH3-].[CH3-].[CH3-].[CH3-].[Si]=[Zr]. The number of benzene rings is 2. The molecule has 30 heavy (non-hydrogen) atoms. The van der Waals surface area contributed by atoms with E-state index in [0.717, 1.165) is 0 Å². The minimum atomic E-state index is 0. The van der Waals surface area contributed by atoms with Gasteiger partial charge in [0.05, 0.1) is 0 Å². The summed E-state index contributed by atoms with van der Waals surface area (Å²) in [4.78, 5) is 0. The summed E-state index contributed by atoms with van der Waals surface area (Å²) in [6.45, 7) is 16.0. The normalized spacial score (nSPS) is 8.83. The molecule has 2 radical (unpaired) electrons. The van der Waals surface area contributed by atoms with E-state index in [4.69, 9.17) is 0 Å². The monoisotopic (exact) mass is 492 g/mol. The summed E-state index contributed by atoms with van der Waals surface area (Å²) >= 11 is 1.36. The zero-order chi connectivity index (χ0) is 19.4. The van der Waals surface area contributed by atoms with E-state index in [1.807, 2.05) is 0 Å². The molecule has 0 bridgehead atoms. The van der Waals surface area contributed by atoms with E-state index in [1.54, 1.807) is 0 Å². The molecule has 0 unspecified atom stereocenters. The van der Waals surface area contributed by atoms with Crippen LogP contribution < -0.4 is 0 Å². The van der Waals surface area contributed by atoms with Gasteiger partial charge < -0.3 is 29.7 Å². The van der Waals surface area contributed by atoms with Gasteiger partial charge in [-0.25, -0.2) is 0 Å². The van der Waals surface area contributed by atoms with Gasteiger partial charge in [-0.05, 0) is 27.7 Å². The topological polar surface area (TPSA) is 0 Å². The van der Waals surface area contributed by atoms with Crippen molar-refractivity contribution in [3.05, 3.63) is 112 Å². The van der Waals surface area contributed by atoms with E-state index in [2.05, 4.69) is 97.0 Å². The second-order valence-electron chi connectivity index (χ2n) is 7.20. The molecule has 4 aromatic rings. The van der Waals surface area contributed by atoms with Crippen LogP contribution in [0.5, 0.6) is 0 Å². The molecule has 0 aromatic heterocycles. The first-order chi connectivity index (χ1) is 12.3.